The van der Waals surface area contributed by atoms with Gasteiger partial charge in [0.15, 0.2) is 0 Å². The van der Waals surface area contributed by atoms with Crippen molar-refractivity contribution in [3.8, 4) is 0 Å². The quantitative estimate of drug-likeness (QED) is 0.810. The van der Waals surface area contributed by atoms with Crippen LogP contribution in [0.1, 0.15) is 52.9 Å². The van der Waals surface area contributed by atoms with Gasteiger partial charge in [-0.25, -0.2) is 0 Å². The summed E-state index contributed by atoms with van der Waals surface area (Å²) in [6, 6.07) is 0.865. The molecule has 2 heteroatoms. The lowest BCUT2D eigenvalue weighted by Crippen LogP contribution is -2.34. The second-order valence-corrected chi connectivity index (χ2v) is 7.06. The molecule has 17 heavy (non-hydrogen) atoms. The van der Waals surface area contributed by atoms with Crippen LogP contribution in [0.5, 0.6) is 0 Å². The van der Waals surface area contributed by atoms with Crippen molar-refractivity contribution in [3.05, 3.63) is 0 Å². The van der Waals surface area contributed by atoms with E-state index in [0.29, 0.717) is 5.41 Å². The van der Waals surface area contributed by atoms with Crippen LogP contribution in [0.3, 0.4) is 0 Å². The van der Waals surface area contributed by atoms with E-state index in [9.17, 15) is 0 Å². The Morgan fingerprint density at radius 1 is 1.06 bits per heavy atom. The van der Waals surface area contributed by atoms with Gasteiger partial charge in [0.2, 0.25) is 0 Å². The van der Waals surface area contributed by atoms with E-state index in [1.807, 2.05) is 0 Å². The SMILES string of the molecule is CC(C)(C)C1CCCN(CCNC2CC2)CC1. The van der Waals surface area contributed by atoms with Crippen molar-refractivity contribution in [2.24, 2.45) is 11.3 Å². The number of rotatable bonds is 4. The zero-order valence-corrected chi connectivity index (χ0v) is 12.0. The van der Waals surface area contributed by atoms with Crippen LogP contribution in [-0.2, 0) is 0 Å². The summed E-state index contributed by atoms with van der Waals surface area (Å²) in [4.78, 5) is 2.67. The maximum atomic E-state index is 3.62. The van der Waals surface area contributed by atoms with Crippen LogP contribution >= 0.6 is 0 Å². The Kier molecular flexibility index (Phi) is 4.48. The van der Waals surface area contributed by atoms with Crippen LogP contribution in [0.25, 0.3) is 0 Å². The average molecular weight is 238 g/mol. The molecule has 0 radical (unpaired) electrons. The van der Waals surface area contributed by atoms with E-state index in [4.69, 9.17) is 0 Å². The summed E-state index contributed by atoms with van der Waals surface area (Å²) >= 11 is 0. The van der Waals surface area contributed by atoms with E-state index in [1.54, 1.807) is 0 Å². The van der Waals surface area contributed by atoms with Gasteiger partial charge in [-0.3, -0.25) is 0 Å². The highest BCUT2D eigenvalue weighted by atomic mass is 15.1. The van der Waals surface area contributed by atoms with Crippen LogP contribution in [0.15, 0.2) is 0 Å². The monoisotopic (exact) mass is 238 g/mol. The maximum Gasteiger partial charge on any atom is 0.0107 e. The molecular weight excluding hydrogens is 208 g/mol. The first-order valence-electron chi connectivity index (χ1n) is 7.51. The Bertz CT molecular complexity index is 228. The van der Waals surface area contributed by atoms with Gasteiger partial charge in [-0.05, 0) is 56.5 Å². The topological polar surface area (TPSA) is 15.3 Å². The fourth-order valence-electron chi connectivity index (χ4n) is 2.96. The van der Waals surface area contributed by atoms with Gasteiger partial charge in [-0.15, -0.1) is 0 Å². The van der Waals surface area contributed by atoms with E-state index in [0.717, 1.165) is 12.0 Å². The predicted octanol–water partition coefficient (Wildman–Crippen LogP) is 2.89. The molecule has 1 unspecified atom stereocenters. The van der Waals surface area contributed by atoms with Gasteiger partial charge in [0.05, 0.1) is 0 Å². The minimum Gasteiger partial charge on any atom is -0.313 e. The summed E-state index contributed by atoms with van der Waals surface area (Å²) < 4.78 is 0. The first-order valence-corrected chi connectivity index (χ1v) is 7.51. The van der Waals surface area contributed by atoms with E-state index in [2.05, 4.69) is 31.0 Å². The van der Waals surface area contributed by atoms with Gasteiger partial charge >= 0.3 is 0 Å². The Balaban J connectivity index is 1.67. The fourth-order valence-corrected chi connectivity index (χ4v) is 2.96. The van der Waals surface area contributed by atoms with Crippen LogP contribution in [0.4, 0.5) is 0 Å². The highest BCUT2D eigenvalue weighted by molar-refractivity contribution is 4.82. The molecule has 0 aromatic heterocycles. The number of nitrogens with zero attached hydrogens (tertiary/aromatic N) is 1. The minimum atomic E-state index is 0.502. The van der Waals surface area contributed by atoms with E-state index >= 15 is 0 Å². The van der Waals surface area contributed by atoms with Gasteiger partial charge in [0.25, 0.3) is 0 Å². The third kappa shape index (κ3) is 4.59. The van der Waals surface area contributed by atoms with E-state index in [-0.39, 0.29) is 0 Å². The normalized spacial score (nSPS) is 28.1. The van der Waals surface area contributed by atoms with Crippen molar-refractivity contribution >= 4 is 0 Å². The molecule has 1 aliphatic carbocycles. The molecule has 1 saturated heterocycles. The van der Waals surface area contributed by atoms with Crippen LogP contribution < -0.4 is 5.32 Å². The fraction of sp³-hybridized carbons (Fsp3) is 1.00. The zero-order chi connectivity index (χ0) is 12.3. The summed E-state index contributed by atoms with van der Waals surface area (Å²) in [6.45, 7) is 12.3. The van der Waals surface area contributed by atoms with Gasteiger partial charge in [0.1, 0.15) is 0 Å². The van der Waals surface area contributed by atoms with Gasteiger partial charge in [-0.2, -0.15) is 0 Å². The molecular formula is C15H30N2. The maximum absolute atomic E-state index is 3.62. The first-order chi connectivity index (χ1) is 8.05. The van der Waals surface area contributed by atoms with Crippen LogP contribution in [-0.4, -0.2) is 37.1 Å². The summed E-state index contributed by atoms with van der Waals surface area (Å²) in [5.74, 6) is 0.920. The van der Waals surface area contributed by atoms with E-state index in [1.165, 1.54) is 58.3 Å². The second-order valence-electron chi connectivity index (χ2n) is 7.06. The van der Waals surface area contributed by atoms with Crippen molar-refractivity contribution in [3.63, 3.8) is 0 Å². The molecule has 1 N–H and O–H groups in total. The molecule has 2 rings (SSSR count). The Morgan fingerprint density at radius 3 is 2.47 bits per heavy atom. The standard InChI is InChI=1S/C15H30N2/c1-15(2,3)13-5-4-10-17(11-8-13)12-9-16-14-6-7-14/h13-14,16H,4-12H2,1-3H3. The number of nitrogens with one attached hydrogen (secondary N) is 1. The summed E-state index contributed by atoms with van der Waals surface area (Å²) in [5.41, 5.74) is 0.502. The molecule has 0 amide bonds. The lowest BCUT2D eigenvalue weighted by atomic mass is 9.77. The Hall–Kier alpha value is -0.0800. The molecule has 100 valence electrons. The summed E-state index contributed by atoms with van der Waals surface area (Å²) in [7, 11) is 0. The third-order valence-electron chi connectivity index (χ3n) is 4.48. The molecule has 2 fully saturated rings. The minimum absolute atomic E-state index is 0.502. The molecule has 0 aromatic rings. The van der Waals surface area contributed by atoms with Crippen molar-refractivity contribution < 1.29 is 0 Å². The molecule has 2 nitrogen and oxygen atoms in total. The molecule has 0 bridgehead atoms. The summed E-state index contributed by atoms with van der Waals surface area (Å²) in [5, 5.41) is 3.62. The van der Waals surface area contributed by atoms with Crippen molar-refractivity contribution in [1.82, 2.24) is 10.2 Å². The Morgan fingerprint density at radius 2 is 1.82 bits per heavy atom. The molecule has 1 atom stereocenters. The number of hydrogen-bond acceptors (Lipinski definition) is 2. The van der Waals surface area contributed by atoms with Crippen molar-refractivity contribution in [2.75, 3.05) is 26.2 Å². The Labute approximate surface area is 107 Å². The summed E-state index contributed by atoms with van der Waals surface area (Å²) in [6.07, 6.45) is 7.03. The van der Waals surface area contributed by atoms with E-state index < -0.39 is 0 Å². The zero-order valence-electron chi connectivity index (χ0n) is 12.0. The highest BCUT2D eigenvalue weighted by Crippen LogP contribution is 2.34. The molecule has 1 heterocycles. The number of likely N-dealkylation sites (tertiary alicyclic amines) is 1. The predicted molar refractivity (Wildman–Crippen MR) is 74.3 cm³/mol. The lowest BCUT2D eigenvalue weighted by Gasteiger charge is -2.29. The molecule has 1 saturated carbocycles. The largest absolute Gasteiger partial charge is 0.313 e. The first kappa shape index (κ1) is 13.4. The lowest BCUT2D eigenvalue weighted by molar-refractivity contribution is 0.208. The van der Waals surface area contributed by atoms with Gasteiger partial charge < -0.3 is 10.2 Å². The van der Waals surface area contributed by atoms with Gasteiger partial charge in [-0.1, -0.05) is 20.8 Å². The molecule has 0 aromatic carbocycles. The molecule has 1 aliphatic heterocycles. The highest BCUT2D eigenvalue weighted by Gasteiger charge is 2.27. The van der Waals surface area contributed by atoms with Gasteiger partial charge in [0, 0.05) is 19.1 Å². The third-order valence-corrected chi connectivity index (χ3v) is 4.48. The smallest absolute Gasteiger partial charge is 0.0107 e. The average Bonchev–Trinajstić information content (AvgIpc) is 3.02. The van der Waals surface area contributed by atoms with Crippen molar-refractivity contribution in [2.45, 2.75) is 58.9 Å². The van der Waals surface area contributed by atoms with Crippen LogP contribution in [0, 0.1) is 11.3 Å². The van der Waals surface area contributed by atoms with Crippen molar-refractivity contribution in [1.29, 1.82) is 0 Å². The van der Waals surface area contributed by atoms with Crippen LogP contribution in [0.2, 0.25) is 0 Å². The number of hydrogen-bond donors (Lipinski definition) is 1. The molecule has 2 aliphatic rings. The molecule has 0 spiro atoms. The second kappa shape index (κ2) is 5.71.